The van der Waals surface area contributed by atoms with Crippen LogP contribution in [0.4, 0.5) is 5.69 Å². The van der Waals surface area contributed by atoms with Crippen LogP contribution < -0.4 is 4.90 Å². The second-order valence-electron chi connectivity index (χ2n) is 6.06. The van der Waals surface area contributed by atoms with E-state index in [1.165, 1.54) is 12.1 Å². The number of anilines is 1. The molecule has 132 valence electrons. The summed E-state index contributed by atoms with van der Waals surface area (Å²) >= 11 is 7.74. The number of para-hydroxylation sites is 1. The summed E-state index contributed by atoms with van der Waals surface area (Å²) < 4.78 is 23.8. The van der Waals surface area contributed by atoms with Gasteiger partial charge in [-0.2, -0.15) is 0 Å². The minimum absolute atomic E-state index is 0.0223. The van der Waals surface area contributed by atoms with Crippen molar-refractivity contribution in [3.05, 3.63) is 53.1 Å². The minimum Gasteiger partial charge on any atom is -0.307 e. The Balaban J connectivity index is 2.04. The quantitative estimate of drug-likeness (QED) is 0.761. The first-order valence-electron chi connectivity index (χ1n) is 7.84. The van der Waals surface area contributed by atoms with Crippen molar-refractivity contribution in [2.45, 2.75) is 28.4 Å². The fourth-order valence-electron chi connectivity index (χ4n) is 2.77. The van der Waals surface area contributed by atoms with Crippen LogP contribution in [0.5, 0.6) is 0 Å². The van der Waals surface area contributed by atoms with Gasteiger partial charge < -0.3 is 4.90 Å². The van der Waals surface area contributed by atoms with Gasteiger partial charge in [0.15, 0.2) is 9.84 Å². The molecule has 0 fully saturated rings. The molecule has 0 saturated heterocycles. The van der Waals surface area contributed by atoms with E-state index < -0.39 is 9.84 Å². The summed E-state index contributed by atoms with van der Waals surface area (Å²) in [7, 11) is -3.50. The number of benzene rings is 2. The van der Waals surface area contributed by atoms with Crippen LogP contribution in [0, 0.1) is 0 Å². The van der Waals surface area contributed by atoms with Gasteiger partial charge in [-0.15, -0.1) is 11.8 Å². The highest BCUT2D eigenvalue weighted by atomic mass is 35.5. The molecule has 0 unspecified atom stereocenters. The maximum absolute atomic E-state index is 13.1. The van der Waals surface area contributed by atoms with E-state index in [9.17, 15) is 13.2 Å². The molecule has 0 spiro atoms. The molecule has 0 bridgehead atoms. The summed E-state index contributed by atoms with van der Waals surface area (Å²) in [6.45, 7) is 2.72. The van der Waals surface area contributed by atoms with Crippen LogP contribution in [0.2, 0.25) is 5.02 Å². The van der Waals surface area contributed by atoms with Gasteiger partial charge in [0.2, 0.25) is 0 Å². The Kier molecular flexibility index (Phi) is 5.14. The Morgan fingerprint density at radius 2 is 1.96 bits per heavy atom. The average Bonchev–Trinajstić information content (AvgIpc) is 2.72. The van der Waals surface area contributed by atoms with E-state index in [2.05, 4.69) is 6.92 Å². The van der Waals surface area contributed by atoms with Gasteiger partial charge in [-0.3, -0.25) is 4.79 Å². The van der Waals surface area contributed by atoms with E-state index in [0.717, 1.165) is 23.3 Å². The van der Waals surface area contributed by atoms with Gasteiger partial charge in [0, 0.05) is 28.5 Å². The summed E-state index contributed by atoms with van der Waals surface area (Å²) in [5.74, 6) is -0.219. The third-order valence-electron chi connectivity index (χ3n) is 4.07. The van der Waals surface area contributed by atoms with Crippen LogP contribution in [0.15, 0.2) is 52.3 Å². The average molecular weight is 396 g/mol. The predicted octanol–water partition coefficient (Wildman–Crippen LogP) is 4.27. The second-order valence-corrected chi connectivity index (χ2v) is 9.93. The molecular weight excluding hydrogens is 378 g/mol. The zero-order valence-corrected chi connectivity index (χ0v) is 16.3. The summed E-state index contributed by atoms with van der Waals surface area (Å²) in [4.78, 5) is 15.8. The van der Waals surface area contributed by atoms with Gasteiger partial charge in [-0.25, -0.2) is 8.42 Å². The number of sulfone groups is 1. The van der Waals surface area contributed by atoms with Gasteiger partial charge in [0.1, 0.15) is 0 Å². The molecule has 0 aromatic heterocycles. The largest absolute Gasteiger partial charge is 0.307 e. The number of nitrogens with zero attached hydrogens (tertiary/aromatic N) is 1. The Morgan fingerprint density at radius 1 is 1.24 bits per heavy atom. The van der Waals surface area contributed by atoms with Gasteiger partial charge >= 0.3 is 0 Å². The van der Waals surface area contributed by atoms with Crippen molar-refractivity contribution in [1.29, 1.82) is 0 Å². The van der Waals surface area contributed by atoms with E-state index in [-0.39, 0.29) is 15.8 Å². The van der Waals surface area contributed by atoms with E-state index in [1.54, 1.807) is 22.7 Å². The summed E-state index contributed by atoms with van der Waals surface area (Å²) in [6.07, 6.45) is 1.94. The SMILES string of the molecule is C[C@H]1CCN(C(=O)c2ccc(Cl)c(S(C)(=O)=O)c2)c2ccccc2S1. The molecule has 7 heteroatoms. The number of carbonyl (C=O) groups is 1. The van der Waals surface area contributed by atoms with Gasteiger partial charge in [0.25, 0.3) is 5.91 Å². The monoisotopic (exact) mass is 395 g/mol. The lowest BCUT2D eigenvalue weighted by Crippen LogP contribution is -2.32. The molecule has 25 heavy (non-hydrogen) atoms. The second kappa shape index (κ2) is 7.02. The van der Waals surface area contributed by atoms with Crippen molar-refractivity contribution >= 4 is 44.8 Å². The molecule has 1 amide bonds. The summed E-state index contributed by atoms with van der Waals surface area (Å²) in [6, 6.07) is 12.2. The fraction of sp³-hybridized carbons (Fsp3) is 0.278. The van der Waals surface area contributed by atoms with Crippen LogP contribution in [-0.4, -0.2) is 32.4 Å². The van der Waals surface area contributed by atoms with E-state index in [4.69, 9.17) is 11.6 Å². The Morgan fingerprint density at radius 3 is 2.68 bits per heavy atom. The first-order chi connectivity index (χ1) is 11.8. The number of amides is 1. The Labute approximate surface area is 157 Å². The number of thioether (sulfide) groups is 1. The third kappa shape index (κ3) is 3.86. The number of carbonyl (C=O) groups excluding carboxylic acids is 1. The number of fused-ring (bicyclic) bond motifs is 1. The van der Waals surface area contributed by atoms with Crippen molar-refractivity contribution in [1.82, 2.24) is 0 Å². The highest BCUT2D eigenvalue weighted by Crippen LogP contribution is 2.38. The predicted molar refractivity (Wildman–Crippen MR) is 103 cm³/mol. The molecule has 0 N–H and O–H groups in total. The highest BCUT2D eigenvalue weighted by Gasteiger charge is 2.26. The lowest BCUT2D eigenvalue weighted by molar-refractivity contribution is 0.0986. The number of rotatable bonds is 2. The molecule has 1 aliphatic rings. The molecule has 0 radical (unpaired) electrons. The molecule has 3 rings (SSSR count). The van der Waals surface area contributed by atoms with Crippen molar-refractivity contribution in [2.75, 3.05) is 17.7 Å². The van der Waals surface area contributed by atoms with Crippen LogP contribution in [0.1, 0.15) is 23.7 Å². The van der Waals surface area contributed by atoms with Crippen LogP contribution in [0.3, 0.4) is 0 Å². The third-order valence-corrected chi connectivity index (χ3v) is 6.88. The van der Waals surface area contributed by atoms with Crippen LogP contribution >= 0.6 is 23.4 Å². The molecule has 2 aromatic carbocycles. The standard InChI is InChI=1S/C18H18ClNO3S2/c1-12-9-10-20(15-5-3-4-6-16(15)24-12)18(21)13-7-8-14(19)17(11-13)25(2,22)23/h3-8,11-12H,9-10H2,1-2H3/t12-/m0/s1. The Bertz CT molecular complexity index is 928. The highest BCUT2D eigenvalue weighted by molar-refractivity contribution is 8.00. The van der Waals surface area contributed by atoms with Gasteiger partial charge in [0.05, 0.1) is 15.6 Å². The Hall–Kier alpha value is -1.50. The van der Waals surface area contributed by atoms with E-state index >= 15 is 0 Å². The molecule has 1 aliphatic heterocycles. The van der Waals surface area contributed by atoms with Gasteiger partial charge in [-0.05, 0) is 36.8 Å². The van der Waals surface area contributed by atoms with E-state index in [1.807, 2.05) is 24.3 Å². The zero-order valence-electron chi connectivity index (χ0n) is 13.9. The van der Waals surface area contributed by atoms with Crippen molar-refractivity contribution < 1.29 is 13.2 Å². The first kappa shape index (κ1) is 18.3. The topological polar surface area (TPSA) is 54.5 Å². The fourth-order valence-corrected chi connectivity index (χ4v) is 5.19. The lowest BCUT2D eigenvalue weighted by Gasteiger charge is -2.23. The zero-order chi connectivity index (χ0) is 18.2. The minimum atomic E-state index is -3.50. The van der Waals surface area contributed by atoms with Gasteiger partial charge in [-0.1, -0.05) is 30.7 Å². The first-order valence-corrected chi connectivity index (χ1v) is 11.0. The maximum Gasteiger partial charge on any atom is 0.258 e. The van der Waals surface area contributed by atoms with Crippen molar-refractivity contribution in [3.63, 3.8) is 0 Å². The summed E-state index contributed by atoms with van der Waals surface area (Å²) in [5.41, 5.74) is 1.18. The maximum atomic E-state index is 13.1. The smallest absolute Gasteiger partial charge is 0.258 e. The number of hydrogen-bond donors (Lipinski definition) is 0. The molecule has 0 saturated carbocycles. The van der Waals surface area contributed by atoms with Crippen LogP contribution in [-0.2, 0) is 9.84 Å². The molecule has 4 nitrogen and oxygen atoms in total. The van der Waals surface area contributed by atoms with Crippen molar-refractivity contribution in [2.24, 2.45) is 0 Å². The number of halogens is 1. The molecule has 1 heterocycles. The summed E-state index contributed by atoms with van der Waals surface area (Å²) in [5, 5.41) is 0.523. The molecule has 1 atom stereocenters. The normalized spacial score (nSPS) is 17.7. The molecule has 0 aliphatic carbocycles. The van der Waals surface area contributed by atoms with E-state index in [0.29, 0.717) is 17.4 Å². The number of hydrogen-bond acceptors (Lipinski definition) is 4. The molecular formula is C18H18ClNO3S2. The van der Waals surface area contributed by atoms with Crippen molar-refractivity contribution in [3.8, 4) is 0 Å². The lowest BCUT2D eigenvalue weighted by atomic mass is 10.1. The van der Waals surface area contributed by atoms with Crippen LogP contribution in [0.25, 0.3) is 0 Å². The molecule has 2 aromatic rings.